The number of ether oxygens (including phenoxy) is 1. The molecule has 0 unspecified atom stereocenters. The lowest BCUT2D eigenvalue weighted by Crippen LogP contribution is -2.40. The number of piperidine rings is 2. The Labute approximate surface area is 239 Å². The molecule has 2 aromatic heterocycles. The minimum atomic E-state index is -0.243. The van der Waals surface area contributed by atoms with E-state index in [9.17, 15) is 9.90 Å². The van der Waals surface area contributed by atoms with Crippen LogP contribution in [0.5, 0.6) is 5.88 Å². The number of carbonyl (C=O) groups excluding carboxylic acids is 1. The fourth-order valence-electron chi connectivity index (χ4n) is 4.59. The van der Waals surface area contributed by atoms with E-state index in [1.165, 1.54) is 19.0 Å². The molecule has 1 aromatic carbocycles. The summed E-state index contributed by atoms with van der Waals surface area (Å²) in [7, 11) is 0. The Kier molecular flexibility index (Phi) is 11.6. The number of carbonyl (C=O) groups is 1. The highest BCUT2D eigenvalue weighted by Crippen LogP contribution is 2.21. The number of hydrogen-bond donors (Lipinski definition) is 4. The van der Waals surface area contributed by atoms with Crippen molar-refractivity contribution in [3.63, 3.8) is 0 Å². The summed E-state index contributed by atoms with van der Waals surface area (Å²) < 4.78 is 5.38. The van der Waals surface area contributed by atoms with Gasteiger partial charge < -0.3 is 30.7 Å². The fraction of sp³-hybridized carbons (Fsp3) is 0.464. The van der Waals surface area contributed by atoms with Crippen LogP contribution in [0.25, 0.3) is 0 Å². The summed E-state index contributed by atoms with van der Waals surface area (Å²) in [6, 6.07) is 9.71. The first kappa shape index (κ1) is 29.3. The Hall–Kier alpha value is -3.70. The SMILES string of the molecule is O=C(OCc1ccccc1)N1CCC(CNc2nccnc2Cl)CC1.Oc1nccnc1NCC1CCNCC1. The number of nitrogens with one attached hydrogen (secondary N) is 3. The van der Waals surface area contributed by atoms with Crippen LogP contribution in [0.2, 0.25) is 5.15 Å². The van der Waals surface area contributed by atoms with Crippen LogP contribution in [-0.2, 0) is 11.3 Å². The van der Waals surface area contributed by atoms with Crippen LogP contribution in [-0.4, -0.2) is 75.3 Å². The first-order valence-electron chi connectivity index (χ1n) is 13.7. The molecule has 1 amide bonds. The summed E-state index contributed by atoms with van der Waals surface area (Å²) in [5.74, 6) is 2.19. The molecule has 3 aromatic rings. The van der Waals surface area contributed by atoms with Crippen molar-refractivity contribution in [2.45, 2.75) is 32.3 Å². The van der Waals surface area contributed by atoms with E-state index in [0.717, 1.165) is 44.6 Å². The Morgan fingerprint density at radius 1 is 0.900 bits per heavy atom. The van der Waals surface area contributed by atoms with Gasteiger partial charge in [-0.25, -0.2) is 24.7 Å². The van der Waals surface area contributed by atoms with E-state index in [-0.39, 0.29) is 12.0 Å². The predicted molar refractivity (Wildman–Crippen MR) is 154 cm³/mol. The van der Waals surface area contributed by atoms with Crippen molar-refractivity contribution >= 4 is 29.3 Å². The number of likely N-dealkylation sites (tertiary alicyclic amines) is 1. The second-order valence-corrected chi connectivity index (χ2v) is 10.2. The molecule has 11 nitrogen and oxygen atoms in total. The number of halogens is 1. The van der Waals surface area contributed by atoms with Crippen LogP contribution in [0.3, 0.4) is 0 Å². The molecule has 5 rings (SSSR count). The maximum atomic E-state index is 12.2. The van der Waals surface area contributed by atoms with Gasteiger partial charge in [-0.05, 0) is 56.2 Å². The number of anilines is 2. The topological polar surface area (TPSA) is 137 Å². The third-order valence-electron chi connectivity index (χ3n) is 6.99. The van der Waals surface area contributed by atoms with E-state index in [4.69, 9.17) is 16.3 Å². The van der Waals surface area contributed by atoms with E-state index in [1.807, 2.05) is 30.3 Å². The monoisotopic (exact) mass is 568 g/mol. The van der Waals surface area contributed by atoms with Gasteiger partial charge in [-0.1, -0.05) is 41.9 Å². The van der Waals surface area contributed by atoms with Crippen molar-refractivity contribution in [2.24, 2.45) is 11.8 Å². The van der Waals surface area contributed by atoms with Crippen molar-refractivity contribution < 1.29 is 14.6 Å². The maximum Gasteiger partial charge on any atom is 0.410 e. The average Bonchev–Trinajstić information content (AvgIpc) is 3.01. The number of aromatic hydroxyl groups is 1. The summed E-state index contributed by atoms with van der Waals surface area (Å²) in [5, 5.41) is 19.5. The molecule has 2 aliphatic heterocycles. The van der Waals surface area contributed by atoms with Gasteiger partial charge in [-0.3, -0.25) is 0 Å². The molecular weight excluding hydrogens is 532 g/mol. The molecule has 4 N–H and O–H groups in total. The smallest absolute Gasteiger partial charge is 0.410 e. The summed E-state index contributed by atoms with van der Waals surface area (Å²) in [6.07, 6.45) is 10.2. The molecule has 40 heavy (non-hydrogen) atoms. The highest BCUT2D eigenvalue weighted by Gasteiger charge is 2.24. The van der Waals surface area contributed by atoms with Crippen molar-refractivity contribution in [2.75, 3.05) is 49.9 Å². The van der Waals surface area contributed by atoms with Crippen molar-refractivity contribution in [3.8, 4) is 5.88 Å². The molecule has 214 valence electrons. The second kappa shape index (κ2) is 15.8. The Morgan fingerprint density at radius 3 is 2.17 bits per heavy atom. The molecule has 12 heteroatoms. The molecule has 2 fully saturated rings. The van der Waals surface area contributed by atoms with E-state index >= 15 is 0 Å². The van der Waals surface area contributed by atoms with E-state index < -0.39 is 0 Å². The molecule has 0 spiro atoms. The van der Waals surface area contributed by atoms with Gasteiger partial charge in [0.05, 0.1) is 0 Å². The normalized spacial score (nSPS) is 16.0. The van der Waals surface area contributed by atoms with Crippen LogP contribution >= 0.6 is 11.6 Å². The van der Waals surface area contributed by atoms with Gasteiger partial charge in [-0.2, -0.15) is 0 Å². The molecule has 0 atom stereocenters. The second-order valence-electron chi connectivity index (χ2n) is 9.85. The third-order valence-corrected chi connectivity index (χ3v) is 7.26. The zero-order chi connectivity index (χ0) is 28.0. The van der Waals surface area contributed by atoms with Crippen LogP contribution in [0.4, 0.5) is 16.4 Å². The molecule has 2 saturated heterocycles. The van der Waals surface area contributed by atoms with Gasteiger partial charge >= 0.3 is 6.09 Å². The standard InChI is InChI=1S/C18H21ClN4O2.C10H16N4O/c19-16-17(21-9-8-20-16)22-12-14-6-10-23(11-7-14)18(24)25-13-15-4-2-1-3-5-15;15-10-9(12-5-6-13-10)14-7-8-1-3-11-4-2-8/h1-5,8-9,14H,6-7,10-13H2,(H,21,22);5-6,8,11H,1-4,7H2,(H,12,14)(H,13,15). The zero-order valence-electron chi connectivity index (χ0n) is 22.5. The number of benzene rings is 1. The largest absolute Gasteiger partial charge is 0.491 e. The van der Waals surface area contributed by atoms with Gasteiger partial charge in [0.25, 0.3) is 5.88 Å². The highest BCUT2D eigenvalue weighted by molar-refractivity contribution is 6.31. The van der Waals surface area contributed by atoms with Crippen molar-refractivity contribution in [3.05, 3.63) is 65.8 Å². The molecule has 0 aliphatic carbocycles. The quantitative estimate of drug-likeness (QED) is 0.313. The number of hydrogen-bond acceptors (Lipinski definition) is 10. The lowest BCUT2D eigenvalue weighted by Gasteiger charge is -2.31. The highest BCUT2D eigenvalue weighted by atomic mass is 35.5. The summed E-state index contributed by atoms with van der Waals surface area (Å²) in [5.41, 5.74) is 0.996. The van der Waals surface area contributed by atoms with Crippen molar-refractivity contribution in [1.29, 1.82) is 0 Å². The summed E-state index contributed by atoms with van der Waals surface area (Å²) in [4.78, 5) is 29.9. The molecule has 2 aliphatic rings. The first-order valence-corrected chi connectivity index (χ1v) is 14.1. The fourth-order valence-corrected chi connectivity index (χ4v) is 4.77. The van der Waals surface area contributed by atoms with E-state index in [1.54, 1.807) is 23.5 Å². The maximum absolute atomic E-state index is 12.2. The van der Waals surface area contributed by atoms with Crippen LogP contribution in [0.1, 0.15) is 31.2 Å². The van der Waals surface area contributed by atoms with Gasteiger partial charge in [-0.15, -0.1) is 0 Å². The molecule has 0 bridgehead atoms. The first-order chi connectivity index (χ1) is 19.6. The average molecular weight is 569 g/mol. The summed E-state index contributed by atoms with van der Waals surface area (Å²) in [6.45, 7) is 5.51. The van der Waals surface area contributed by atoms with Gasteiger partial charge in [0.2, 0.25) is 0 Å². The minimum Gasteiger partial charge on any atom is -0.491 e. The van der Waals surface area contributed by atoms with Crippen LogP contribution < -0.4 is 16.0 Å². The zero-order valence-corrected chi connectivity index (χ0v) is 23.3. The Balaban J connectivity index is 0.000000210. The number of nitrogens with zero attached hydrogens (tertiary/aromatic N) is 5. The van der Waals surface area contributed by atoms with E-state index in [0.29, 0.717) is 48.3 Å². The molecular formula is C28H37ClN8O3. The Bertz CT molecular complexity index is 1170. The number of aromatic nitrogens is 4. The molecule has 4 heterocycles. The van der Waals surface area contributed by atoms with Crippen molar-refractivity contribution in [1.82, 2.24) is 30.2 Å². The minimum absolute atomic E-state index is 0.0218. The van der Waals surface area contributed by atoms with Crippen LogP contribution in [0.15, 0.2) is 55.1 Å². The summed E-state index contributed by atoms with van der Waals surface area (Å²) >= 11 is 5.99. The molecule has 0 radical (unpaired) electrons. The predicted octanol–water partition coefficient (Wildman–Crippen LogP) is 4.18. The third kappa shape index (κ3) is 9.49. The van der Waals surface area contributed by atoms with Crippen LogP contribution in [0, 0.1) is 11.8 Å². The lowest BCUT2D eigenvalue weighted by atomic mass is 9.97. The Morgan fingerprint density at radius 2 is 1.50 bits per heavy atom. The van der Waals surface area contributed by atoms with Gasteiger partial charge in [0, 0.05) is 51.0 Å². The van der Waals surface area contributed by atoms with E-state index in [2.05, 4.69) is 35.9 Å². The molecule has 0 saturated carbocycles. The lowest BCUT2D eigenvalue weighted by molar-refractivity contribution is 0.0832. The van der Waals surface area contributed by atoms with Gasteiger partial charge in [0.1, 0.15) is 6.61 Å². The number of rotatable bonds is 8. The number of amides is 1. The van der Waals surface area contributed by atoms with Gasteiger partial charge in [0.15, 0.2) is 16.8 Å².